The molecule has 12 aromatic carbocycles. The zero-order valence-electron chi connectivity index (χ0n) is 40.5. The first-order chi connectivity index (χ1) is 36.7. The number of nitrogens with zero attached hydrogens (tertiary/aromatic N) is 4. The highest BCUT2D eigenvalue weighted by Crippen LogP contribution is 2.47. The number of para-hydroxylation sites is 4. The average molecular weight is 945 g/mol. The Morgan fingerprint density at radius 2 is 0.514 bits per heavy atom. The number of rotatable bonds is 10. The van der Waals surface area contributed by atoms with Crippen molar-refractivity contribution in [2.45, 2.75) is 0 Å². The van der Waals surface area contributed by atoms with E-state index in [1.165, 1.54) is 65.9 Å². The third-order valence-corrected chi connectivity index (χ3v) is 14.7. The number of hydrogen-bond donors (Lipinski definition) is 0. The minimum atomic E-state index is 1.07. The lowest BCUT2D eigenvalue weighted by molar-refractivity contribution is 1.18. The third kappa shape index (κ3) is 7.31. The van der Waals surface area contributed by atoms with Crippen molar-refractivity contribution in [2.24, 2.45) is 0 Å². The molecular formula is C70H48N4. The van der Waals surface area contributed by atoms with Gasteiger partial charge >= 0.3 is 0 Å². The molecule has 0 aliphatic rings. The summed E-state index contributed by atoms with van der Waals surface area (Å²) in [6, 6.07) is 106. The van der Waals surface area contributed by atoms with Gasteiger partial charge in [0.15, 0.2) is 0 Å². The average Bonchev–Trinajstić information content (AvgIpc) is 4.00. The van der Waals surface area contributed by atoms with E-state index in [-0.39, 0.29) is 0 Å². The Morgan fingerprint density at radius 3 is 0.919 bits per heavy atom. The van der Waals surface area contributed by atoms with Gasteiger partial charge in [-0.15, -0.1) is 0 Å². The molecule has 0 spiro atoms. The van der Waals surface area contributed by atoms with Crippen LogP contribution >= 0.6 is 0 Å². The normalized spacial score (nSPS) is 11.5. The van der Waals surface area contributed by atoms with Crippen LogP contribution in [0.2, 0.25) is 0 Å². The molecule has 0 unspecified atom stereocenters. The maximum atomic E-state index is 2.44. The van der Waals surface area contributed by atoms with E-state index in [2.05, 4.69) is 310 Å². The van der Waals surface area contributed by atoms with Crippen molar-refractivity contribution >= 4 is 88.5 Å². The SMILES string of the molecule is c1ccc(-c2ccc(N(c3ccc4c(c3)c3ccccc3n4-c3ccccc3)c3cccc4c(N(c5ccc(-c6ccccc6)cc5)c5ccc6c(c5)c5ccccc5n6-c5ccccc5)cccc34)cc2)cc1. The Balaban J connectivity index is 0.979. The maximum absolute atomic E-state index is 2.44. The van der Waals surface area contributed by atoms with Crippen molar-refractivity contribution in [3.8, 4) is 33.6 Å². The van der Waals surface area contributed by atoms with Gasteiger partial charge in [-0.3, -0.25) is 0 Å². The molecule has 0 amide bonds. The summed E-state index contributed by atoms with van der Waals surface area (Å²) in [6.07, 6.45) is 0. The first kappa shape index (κ1) is 42.9. The van der Waals surface area contributed by atoms with E-state index in [4.69, 9.17) is 0 Å². The Hall–Kier alpha value is -9.90. The van der Waals surface area contributed by atoms with Gasteiger partial charge in [0.25, 0.3) is 0 Å². The Morgan fingerprint density at radius 1 is 0.203 bits per heavy atom. The first-order valence-corrected chi connectivity index (χ1v) is 25.3. The van der Waals surface area contributed by atoms with Crippen LogP contribution in [0.1, 0.15) is 0 Å². The number of benzene rings is 12. The summed E-state index contributed by atoms with van der Waals surface area (Å²) in [7, 11) is 0. The fraction of sp³-hybridized carbons (Fsp3) is 0. The second kappa shape index (κ2) is 18.1. The standard InChI is InChI=1S/C70H48N4/c1-5-19-49(20-6-1)51-35-39-55(40-36-51)71(57-43-45-69-63(47-57)61-27-13-15-31-67(61)73(69)53-23-9-3-10-24-53)65-33-17-30-60-59(65)29-18-34-66(60)72(56-41-37-52(38-42-56)50-21-7-2-8-22-50)58-44-46-70-64(48-58)62-28-14-16-32-68(62)74(70)54-25-11-4-12-26-54/h1-48H. The highest BCUT2D eigenvalue weighted by molar-refractivity contribution is 6.14. The molecule has 14 aromatic rings. The van der Waals surface area contributed by atoms with Crippen LogP contribution in [0.4, 0.5) is 34.1 Å². The van der Waals surface area contributed by atoms with Crippen LogP contribution in [0.3, 0.4) is 0 Å². The molecule has 0 bridgehead atoms. The molecule has 4 heteroatoms. The van der Waals surface area contributed by atoms with Crippen LogP contribution in [0.5, 0.6) is 0 Å². The third-order valence-electron chi connectivity index (χ3n) is 14.7. The fourth-order valence-corrected chi connectivity index (χ4v) is 11.3. The Labute approximate surface area is 430 Å². The molecule has 348 valence electrons. The zero-order chi connectivity index (χ0) is 49.0. The highest BCUT2D eigenvalue weighted by atomic mass is 15.2. The van der Waals surface area contributed by atoms with E-state index in [1.54, 1.807) is 0 Å². The summed E-state index contributed by atoms with van der Waals surface area (Å²) in [6.45, 7) is 0. The van der Waals surface area contributed by atoms with Gasteiger partial charge in [-0.2, -0.15) is 0 Å². The lowest BCUT2D eigenvalue weighted by Gasteiger charge is -2.30. The predicted octanol–water partition coefficient (Wildman–Crippen LogP) is 19.3. The molecule has 0 fully saturated rings. The molecule has 0 aliphatic heterocycles. The number of hydrogen-bond acceptors (Lipinski definition) is 2. The summed E-state index contributed by atoms with van der Waals surface area (Å²) >= 11 is 0. The van der Waals surface area contributed by atoms with Crippen LogP contribution in [-0.4, -0.2) is 9.13 Å². The largest absolute Gasteiger partial charge is 0.310 e. The lowest BCUT2D eigenvalue weighted by Crippen LogP contribution is -2.12. The smallest absolute Gasteiger partial charge is 0.0542 e. The van der Waals surface area contributed by atoms with Crippen LogP contribution in [-0.2, 0) is 0 Å². The van der Waals surface area contributed by atoms with E-state index >= 15 is 0 Å². The second-order valence-corrected chi connectivity index (χ2v) is 18.9. The van der Waals surface area contributed by atoms with Gasteiger partial charge in [-0.25, -0.2) is 0 Å². The van der Waals surface area contributed by atoms with Gasteiger partial charge < -0.3 is 18.9 Å². The topological polar surface area (TPSA) is 16.3 Å². The van der Waals surface area contributed by atoms with Gasteiger partial charge in [0, 0.05) is 66.4 Å². The monoisotopic (exact) mass is 944 g/mol. The summed E-state index contributed by atoms with van der Waals surface area (Å²) in [5.74, 6) is 0. The minimum Gasteiger partial charge on any atom is -0.310 e. The first-order valence-electron chi connectivity index (χ1n) is 25.3. The molecule has 0 N–H and O–H groups in total. The molecule has 14 rings (SSSR count). The molecule has 0 aliphatic carbocycles. The number of aromatic nitrogens is 2. The summed E-state index contributed by atoms with van der Waals surface area (Å²) < 4.78 is 4.77. The molecule has 2 aromatic heterocycles. The van der Waals surface area contributed by atoms with Crippen molar-refractivity contribution in [2.75, 3.05) is 9.80 Å². The number of anilines is 6. The van der Waals surface area contributed by atoms with Crippen molar-refractivity contribution in [1.29, 1.82) is 0 Å². The predicted molar refractivity (Wildman–Crippen MR) is 313 cm³/mol. The number of fused-ring (bicyclic) bond motifs is 7. The highest BCUT2D eigenvalue weighted by Gasteiger charge is 2.23. The van der Waals surface area contributed by atoms with E-state index in [0.717, 1.165) is 56.3 Å². The van der Waals surface area contributed by atoms with Gasteiger partial charge in [0.1, 0.15) is 0 Å². The molecule has 4 nitrogen and oxygen atoms in total. The lowest BCUT2D eigenvalue weighted by atomic mass is 10.0. The van der Waals surface area contributed by atoms with E-state index in [1.807, 2.05) is 0 Å². The minimum absolute atomic E-state index is 1.07. The van der Waals surface area contributed by atoms with Gasteiger partial charge in [-0.1, -0.05) is 182 Å². The molecule has 0 atom stereocenters. The summed E-state index contributed by atoms with van der Waals surface area (Å²) in [4.78, 5) is 4.89. The van der Waals surface area contributed by atoms with Crippen LogP contribution in [0.15, 0.2) is 291 Å². The maximum Gasteiger partial charge on any atom is 0.0542 e. The van der Waals surface area contributed by atoms with Gasteiger partial charge in [0.05, 0.1) is 33.4 Å². The van der Waals surface area contributed by atoms with Crippen LogP contribution < -0.4 is 9.80 Å². The molecule has 0 saturated heterocycles. The summed E-state index contributed by atoms with van der Waals surface area (Å²) in [5.41, 5.74) is 18.2. The quantitative estimate of drug-likeness (QED) is 0.136. The van der Waals surface area contributed by atoms with E-state index in [9.17, 15) is 0 Å². The van der Waals surface area contributed by atoms with Crippen LogP contribution in [0.25, 0.3) is 88.0 Å². The molecule has 0 saturated carbocycles. The fourth-order valence-electron chi connectivity index (χ4n) is 11.3. The van der Waals surface area contributed by atoms with Crippen LogP contribution in [0, 0.1) is 0 Å². The van der Waals surface area contributed by atoms with Crippen molar-refractivity contribution in [3.05, 3.63) is 291 Å². The van der Waals surface area contributed by atoms with E-state index < -0.39 is 0 Å². The van der Waals surface area contributed by atoms with Gasteiger partial charge in [0.2, 0.25) is 0 Å². The summed E-state index contributed by atoms with van der Waals surface area (Å²) in [5, 5.41) is 7.09. The Bertz CT molecular complexity index is 4050. The van der Waals surface area contributed by atoms with Crippen molar-refractivity contribution < 1.29 is 0 Å². The molecule has 74 heavy (non-hydrogen) atoms. The molecule has 0 radical (unpaired) electrons. The van der Waals surface area contributed by atoms with Crippen molar-refractivity contribution in [1.82, 2.24) is 9.13 Å². The van der Waals surface area contributed by atoms with E-state index in [0.29, 0.717) is 0 Å². The van der Waals surface area contributed by atoms with Gasteiger partial charge in [-0.05, 0) is 131 Å². The zero-order valence-corrected chi connectivity index (χ0v) is 40.5. The van der Waals surface area contributed by atoms with Crippen molar-refractivity contribution in [3.63, 3.8) is 0 Å². The Kier molecular flexibility index (Phi) is 10.5. The second-order valence-electron chi connectivity index (χ2n) is 18.9. The molecular weight excluding hydrogens is 897 g/mol. The molecule has 2 heterocycles.